The summed E-state index contributed by atoms with van der Waals surface area (Å²) in [6.45, 7) is 4.54. The van der Waals surface area contributed by atoms with Gasteiger partial charge >= 0.3 is 0 Å². The average molecular weight is 351 g/mol. The minimum atomic E-state index is -3.46. The third kappa shape index (κ3) is 4.10. The molecule has 0 atom stereocenters. The van der Waals surface area contributed by atoms with Crippen molar-refractivity contribution in [1.82, 2.24) is 14.6 Å². The number of benzene rings is 1. The molecule has 2 heterocycles. The van der Waals surface area contributed by atoms with Gasteiger partial charge in [-0.3, -0.25) is 4.98 Å². The summed E-state index contributed by atoms with van der Waals surface area (Å²) in [5, 5.41) is 4.88. The van der Waals surface area contributed by atoms with Gasteiger partial charge in [0.15, 0.2) is 0 Å². The number of ether oxygens (including phenoxy) is 1. The van der Waals surface area contributed by atoms with Crippen LogP contribution < -0.4 is 5.32 Å². The Bertz CT molecular complexity index is 770. The molecule has 1 aliphatic heterocycles. The van der Waals surface area contributed by atoms with Gasteiger partial charge in [-0.1, -0.05) is 12.1 Å². The molecule has 0 aliphatic carbocycles. The molecule has 0 bridgehead atoms. The maximum absolute atomic E-state index is 12.9. The van der Waals surface area contributed by atoms with Gasteiger partial charge in [-0.2, -0.15) is 4.31 Å². The summed E-state index contributed by atoms with van der Waals surface area (Å²) in [7, 11) is -0.213. The fraction of sp³-hybridized carbons (Fsp3) is 0.471. The van der Waals surface area contributed by atoms with Crippen molar-refractivity contribution in [3.05, 3.63) is 36.2 Å². The van der Waals surface area contributed by atoms with Crippen LogP contribution in [0, 0.1) is 6.92 Å². The van der Waals surface area contributed by atoms with Gasteiger partial charge in [-0.05, 0) is 32.0 Å². The predicted molar refractivity (Wildman–Crippen MR) is 95.7 cm³/mol. The lowest BCUT2D eigenvalue weighted by atomic mass is 10.1. The fourth-order valence-corrected chi connectivity index (χ4v) is 4.44. The zero-order valence-corrected chi connectivity index (χ0v) is 15.3. The molecule has 24 heavy (non-hydrogen) atoms. The van der Waals surface area contributed by atoms with E-state index >= 15 is 0 Å². The molecule has 0 amide bonds. The first-order valence-corrected chi connectivity index (χ1v) is 9.41. The number of aryl methyl sites for hydroxylation is 1. The Morgan fingerprint density at radius 3 is 2.62 bits per heavy atom. The number of fused-ring (bicyclic) bond motifs is 1. The van der Waals surface area contributed by atoms with Crippen LogP contribution in [0.25, 0.3) is 10.8 Å². The van der Waals surface area contributed by atoms with E-state index in [1.54, 1.807) is 42.9 Å². The Kier molecular flexibility index (Phi) is 6.68. The molecular formula is C17H25N3O3S. The van der Waals surface area contributed by atoms with Gasteiger partial charge in [0, 0.05) is 56.5 Å². The van der Waals surface area contributed by atoms with Crippen molar-refractivity contribution in [2.24, 2.45) is 0 Å². The zero-order valence-electron chi connectivity index (χ0n) is 14.4. The summed E-state index contributed by atoms with van der Waals surface area (Å²) >= 11 is 0. The van der Waals surface area contributed by atoms with E-state index in [4.69, 9.17) is 0 Å². The van der Waals surface area contributed by atoms with Crippen LogP contribution in [-0.2, 0) is 14.8 Å². The van der Waals surface area contributed by atoms with Crippen LogP contribution in [0.4, 0.5) is 0 Å². The SMILES string of the molecule is COC.Cc1nccc2c(S(=O)(=O)N3CCCNCC3)cccc12. The van der Waals surface area contributed by atoms with Crippen molar-refractivity contribution >= 4 is 20.8 Å². The minimum absolute atomic E-state index is 0.382. The van der Waals surface area contributed by atoms with E-state index in [0.29, 0.717) is 24.5 Å². The van der Waals surface area contributed by atoms with Crippen molar-refractivity contribution in [2.75, 3.05) is 40.4 Å². The van der Waals surface area contributed by atoms with Crippen molar-refractivity contribution in [3.63, 3.8) is 0 Å². The summed E-state index contributed by atoms with van der Waals surface area (Å²) in [4.78, 5) is 4.62. The highest BCUT2D eigenvalue weighted by Crippen LogP contribution is 2.27. The number of hydrogen-bond donors (Lipinski definition) is 1. The Morgan fingerprint density at radius 2 is 1.88 bits per heavy atom. The highest BCUT2D eigenvalue weighted by Gasteiger charge is 2.26. The van der Waals surface area contributed by atoms with Gasteiger partial charge in [-0.15, -0.1) is 0 Å². The van der Waals surface area contributed by atoms with E-state index in [0.717, 1.165) is 29.4 Å². The number of methoxy groups -OCH3 is 1. The second-order valence-corrected chi connectivity index (χ2v) is 7.57. The molecular weight excluding hydrogens is 326 g/mol. The normalized spacial score (nSPS) is 16.3. The lowest BCUT2D eigenvalue weighted by Crippen LogP contribution is -2.34. The van der Waals surface area contributed by atoms with Crippen LogP contribution in [0.2, 0.25) is 0 Å². The molecule has 0 saturated carbocycles. The molecule has 3 rings (SSSR count). The smallest absolute Gasteiger partial charge is 0.243 e. The summed E-state index contributed by atoms with van der Waals surface area (Å²) in [5.41, 5.74) is 0.849. The summed E-state index contributed by atoms with van der Waals surface area (Å²) in [5.74, 6) is 0. The molecule has 0 radical (unpaired) electrons. The topological polar surface area (TPSA) is 71.5 Å². The van der Waals surface area contributed by atoms with Crippen molar-refractivity contribution in [2.45, 2.75) is 18.2 Å². The number of rotatable bonds is 2. The van der Waals surface area contributed by atoms with E-state index in [-0.39, 0.29) is 0 Å². The molecule has 1 aromatic heterocycles. The molecule has 1 fully saturated rings. The largest absolute Gasteiger partial charge is 0.388 e. The lowest BCUT2D eigenvalue weighted by Gasteiger charge is -2.20. The van der Waals surface area contributed by atoms with Crippen molar-refractivity contribution in [3.8, 4) is 0 Å². The third-order valence-electron chi connectivity index (χ3n) is 3.88. The first kappa shape index (κ1) is 18.8. The first-order valence-electron chi connectivity index (χ1n) is 7.97. The molecule has 1 aromatic carbocycles. The van der Waals surface area contributed by atoms with Gasteiger partial charge in [0.1, 0.15) is 0 Å². The Hall–Kier alpha value is -1.54. The quantitative estimate of drug-likeness (QED) is 0.893. The number of nitrogens with one attached hydrogen (secondary N) is 1. The molecule has 1 saturated heterocycles. The van der Waals surface area contributed by atoms with Crippen LogP contribution in [-0.4, -0.2) is 58.1 Å². The molecule has 2 aromatic rings. The summed E-state index contributed by atoms with van der Waals surface area (Å²) in [6, 6.07) is 7.18. The highest BCUT2D eigenvalue weighted by molar-refractivity contribution is 7.89. The van der Waals surface area contributed by atoms with Crippen LogP contribution in [0.1, 0.15) is 12.1 Å². The molecule has 1 N–H and O–H groups in total. The Balaban J connectivity index is 0.000000647. The zero-order chi connectivity index (χ0) is 17.6. The second-order valence-electron chi connectivity index (χ2n) is 5.66. The predicted octanol–water partition coefficient (Wildman–Crippen LogP) is 1.79. The highest BCUT2D eigenvalue weighted by atomic mass is 32.2. The van der Waals surface area contributed by atoms with Crippen LogP contribution in [0.3, 0.4) is 0 Å². The van der Waals surface area contributed by atoms with E-state index in [1.165, 1.54) is 0 Å². The summed E-state index contributed by atoms with van der Waals surface area (Å²) in [6.07, 6.45) is 2.51. The number of aromatic nitrogens is 1. The second kappa shape index (κ2) is 8.53. The van der Waals surface area contributed by atoms with Gasteiger partial charge in [0.2, 0.25) is 10.0 Å². The Morgan fingerprint density at radius 1 is 1.12 bits per heavy atom. The maximum Gasteiger partial charge on any atom is 0.243 e. The Labute approximate surface area is 143 Å². The van der Waals surface area contributed by atoms with E-state index in [1.807, 2.05) is 13.0 Å². The molecule has 7 heteroatoms. The van der Waals surface area contributed by atoms with Crippen LogP contribution >= 0.6 is 0 Å². The molecule has 0 spiro atoms. The molecule has 6 nitrogen and oxygen atoms in total. The van der Waals surface area contributed by atoms with Gasteiger partial charge in [0.25, 0.3) is 0 Å². The third-order valence-corrected chi connectivity index (χ3v) is 5.84. The monoisotopic (exact) mass is 351 g/mol. The molecule has 0 unspecified atom stereocenters. The standard InChI is InChI=1S/C15H19N3O2S.C2H6O/c1-12-13-4-2-5-15(14(13)6-8-17-12)21(19,20)18-10-3-7-16-9-11-18;1-3-2/h2,4-6,8,16H,3,7,9-11H2,1H3;1-2H3. The number of pyridine rings is 1. The summed E-state index contributed by atoms with van der Waals surface area (Å²) < 4.78 is 31.7. The maximum atomic E-state index is 12.9. The van der Waals surface area contributed by atoms with Gasteiger partial charge < -0.3 is 10.1 Å². The van der Waals surface area contributed by atoms with Crippen molar-refractivity contribution in [1.29, 1.82) is 0 Å². The van der Waals surface area contributed by atoms with E-state index in [9.17, 15) is 8.42 Å². The lowest BCUT2D eigenvalue weighted by molar-refractivity contribution is 0.277. The van der Waals surface area contributed by atoms with Crippen LogP contribution in [0.15, 0.2) is 35.4 Å². The minimum Gasteiger partial charge on any atom is -0.388 e. The molecule has 1 aliphatic rings. The number of sulfonamides is 1. The van der Waals surface area contributed by atoms with Gasteiger partial charge in [-0.25, -0.2) is 8.42 Å². The number of hydrogen-bond acceptors (Lipinski definition) is 5. The molecule has 132 valence electrons. The van der Waals surface area contributed by atoms with Crippen LogP contribution in [0.5, 0.6) is 0 Å². The average Bonchev–Trinajstić information content (AvgIpc) is 2.85. The van der Waals surface area contributed by atoms with Gasteiger partial charge in [0.05, 0.1) is 4.90 Å². The number of nitrogens with zero attached hydrogens (tertiary/aromatic N) is 2. The van der Waals surface area contributed by atoms with E-state index < -0.39 is 10.0 Å². The van der Waals surface area contributed by atoms with Crippen molar-refractivity contribution < 1.29 is 13.2 Å². The fourth-order valence-electron chi connectivity index (χ4n) is 2.75. The van der Waals surface area contributed by atoms with E-state index in [2.05, 4.69) is 15.0 Å². The first-order chi connectivity index (χ1) is 11.5.